The first kappa shape index (κ1) is 27.8. The maximum Gasteiger partial charge on any atom is 0.416 e. The number of alkyl halides is 3. The van der Waals surface area contributed by atoms with E-state index in [0.29, 0.717) is 18.4 Å². The van der Waals surface area contributed by atoms with Crippen LogP contribution < -0.4 is 5.32 Å². The SMILES string of the molecule is CC(C)CCNCc1ccc(C(F)(F)F)cc1.O=C(O)CC1CCCC(c2ccc(F)cc2)C1. The minimum Gasteiger partial charge on any atom is -0.481 e. The summed E-state index contributed by atoms with van der Waals surface area (Å²) in [5.74, 6) is 0.376. The summed E-state index contributed by atoms with van der Waals surface area (Å²) >= 11 is 0. The Bertz CT molecular complexity index is 864. The van der Waals surface area contributed by atoms with Gasteiger partial charge < -0.3 is 10.4 Å². The van der Waals surface area contributed by atoms with Gasteiger partial charge in [-0.3, -0.25) is 4.79 Å². The van der Waals surface area contributed by atoms with Crippen LogP contribution in [0.3, 0.4) is 0 Å². The number of halogens is 4. The van der Waals surface area contributed by atoms with Gasteiger partial charge in [0, 0.05) is 13.0 Å². The Hall–Kier alpha value is -2.41. The van der Waals surface area contributed by atoms with Crippen molar-refractivity contribution in [2.24, 2.45) is 11.8 Å². The predicted molar refractivity (Wildman–Crippen MR) is 126 cm³/mol. The summed E-state index contributed by atoms with van der Waals surface area (Å²) in [5, 5.41) is 12.0. The van der Waals surface area contributed by atoms with E-state index in [2.05, 4.69) is 19.2 Å². The van der Waals surface area contributed by atoms with Gasteiger partial charge >= 0.3 is 12.1 Å². The van der Waals surface area contributed by atoms with Crippen LogP contribution in [-0.4, -0.2) is 17.6 Å². The molecule has 1 saturated carbocycles. The minimum atomic E-state index is -4.25. The van der Waals surface area contributed by atoms with Crippen LogP contribution >= 0.6 is 0 Å². The summed E-state index contributed by atoms with van der Waals surface area (Å²) in [5.41, 5.74) is 1.42. The van der Waals surface area contributed by atoms with Crippen LogP contribution in [0.2, 0.25) is 0 Å². The molecule has 3 nitrogen and oxygen atoms in total. The Morgan fingerprint density at radius 2 is 1.71 bits per heavy atom. The van der Waals surface area contributed by atoms with E-state index in [-0.39, 0.29) is 18.2 Å². The van der Waals surface area contributed by atoms with Crippen LogP contribution in [0.1, 0.15) is 75.0 Å². The molecule has 2 atom stereocenters. The molecule has 2 unspecified atom stereocenters. The fourth-order valence-corrected chi connectivity index (χ4v) is 4.20. The highest BCUT2D eigenvalue weighted by molar-refractivity contribution is 5.67. The van der Waals surface area contributed by atoms with Crippen molar-refractivity contribution in [3.05, 3.63) is 71.0 Å². The van der Waals surface area contributed by atoms with Crippen molar-refractivity contribution >= 4 is 5.97 Å². The number of rotatable bonds is 8. The molecule has 34 heavy (non-hydrogen) atoms. The van der Waals surface area contributed by atoms with Crippen molar-refractivity contribution in [2.75, 3.05) is 6.54 Å². The summed E-state index contributed by atoms with van der Waals surface area (Å²) in [6, 6.07) is 11.9. The second-order valence-electron chi connectivity index (χ2n) is 9.43. The highest BCUT2D eigenvalue weighted by atomic mass is 19.4. The summed E-state index contributed by atoms with van der Waals surface area (Å²) in [6.07, 6.45) is 1.16. The summed E-state index contributed by atoms with van der Waals surface area (Å²) < 4.78 is 49.7. The average Bonchev–Trinajstić information content (AvgIpc) is 2.77. The lowest BCUT2D eigenvalue weighted by Crippen LogP contribution is -2.17. The maximum atomic E-state index is 12.8. The number of hydrogen-bond donors (Lipinski definition) is 2. The predicted octanol–water partition coefficient (Wildman–Crippen LogP) is 7.42. The normalized spacial score (nSPS) is 18.3. The molecule has 0 radical (unpaired) electrons. The zero-order valence-corrected chi connectivity index (χ0v) is 19.9. The Labute approximate surface area is 199 Å². The first-order valence-corrected chi connectivity index (χ1v) is 11.9. The van der Waals surface area contributed by atoms with Crippen LogP contribution in [0.25, 0.3) is 0 Å². The monoisotopic (exact) mass is 481 g/mol. The van der Waals surface area contributed by atoms with Gasteiger partial charge in [0.05, 0.1) is 5.56 Å². The molecule has 2 aromatic carbocycles. The van der Waals surface area contributed by atoms with E-state index in [1.165, 1.54) is 24.3 Å². The van der Waals surface area contributed by atoms with Crippen molar-refractivity contribution < 1.29 is 27.5 Å². The smallest absolute Gasteiger partial charge is 0.416 e. The van der Waals surface area contributed by atoms with E-state index in [1.807, 2.05) is 12.1 Å². The lowest BCUT2D eigenvalue weighted by molar-refractivity contribution is -0.139. The van der Waals surface area contributed by atoms with E-state index in [1.54, 1.807) is 0 Å². The van der Waals surface area contributed by atoms with E-state index in [4.69, 9.17) is 5.11 Å². The molecule has 0 saturated heterocycles. The lowest BCUT2D eigenvalue weighted by Gasteiger charge is -2.28. The molecule has 2 N–H and O–H groups in total. The molecule has 3 rings (SSSR count). The molecule has 188 valence electrons. The van der Waals surface area contributed by atoms with E-state index in [0.717, 1.165) is 61.9 Å². The highest BCUT2D eigenvalue weighted by Crippen LogP contribution is 2.37. The molecule has 1 aliphatic carbocycles. The molecular formula is C27H35F4NO2. The number of carbonyl (C=O) groups is 1. The summed E-state index contributed by atoms with van der Waals surface area (Å²) in [6.45, 7) is 5.78. The van der Waals surface area contributed by atoms with Gasteiger partial charge in [-0.15, -0.1) is 0 Å². The molecule has 0 spiro atoms. The van der Waals surface area contributed by atoms with Crippen LogP contribution in [0.5, 0.6) is 0 Å². The number of benzene rings is 2. The third-order valence-corrected chi connectivity index (χ3v) is 6.10. The third kappa shape index (κ3) is 10.2. The molecule has 0 heterocycles. The third-order valence-electron chi connectivity index (χ3n) is 6.10. The fraction of sp³-hybridized carbons (Fsp3) is 0.519. The van der Waals surface area contributed by atoms with Crippen LogP contribution in [0.4, 0.5) is 17.6 Å². The molecule has 7 heteroatoms. The Morgan fingerprint density at radius 1 is 1.06 bits per heavy atom. The van der Waals surface area contributed by atoms with E-state index >= 15 is 0 Å². The molecule has 0 aromatic heterocycles. The van der Waals surface area contributed by atoms with Crippen molar-refractivity contribution in [3.8, 4) is 0 Å². The van der Waals surface area contributed by atoms with Gasteiger partial charge in [-0.1, -0.05) is 44.5 Å². The van der Waals surface area contributed by atoms with Gasteiger partial charge in [0.1, 0.15) is 5.82 Å². The maximum absolute atomic E-state index is 12.8. The first-order valence-electron chi connectivity index (χ1n) is 11.9. The van der Waals surface area contributed by atoms with Gasteiger partial charge in [0.25, 0.3) is 0 Å². The van der Waals surface area contributed by atoms with Gasteiger partial charge in [0.2, 0.25) is 0 Å². The zero-order valence-electron chi connectivity index (χ0n) is 19.9. The second kappa shape index (κ2) is 13.5. The zero-order chi connectivity index (χ0) is 25.1. The van der Waals surface area contributed by atoms with Crippen molar-refractivity contribution in [3.63, 3.8) is 0 Å². The van der Waals surface area contributed by atoms with Crippen LogP contribution in [-0.2, 0) is 17.5 Å². The topological polar surface area (TPSA) is 49.3 Å². The van der Waals surface area contributed by atoms with Gasteiger partial charge in [-0.2, -0.15) is 13.2 Å². The quantitative estimate of drug-likeness (QED) is 0.305. The largest absolute Gasteiger partial charge is 0.481 e. The highest BCUT2D eigenvalue weighted by Gasteiger charge is 2.29. The second-order valence-corrected chi connectivity index (χ2v) is 9.43. The number of nitrogens with one attached hydrogen (secondary N) is 1. The van der Waals surface area contributed by atoms with Gasteiger partial charge in [-0.25, -0.2) is 4.39 Å². The molecule has 2 aromatic rings. The Kier molecular flexibility index (Phi) is 11.0. The van der Waals surface area contributed by atoms with Gasteiger partial charge in [0.15, 0.2) is 0 Å². The molecule has 1 fully saturated rings. The average molecular weight is 482 g/mol. The fourth-order valence-electron chi connectivity index (χ4n) is 4.20. The van der Waals surface area contributed by atoms with Crippen molar-refractivity contribution in [1.82, 2.24) is 5.32 Å². The number of aliphatic carboxylic acids is 1. The minimum absolute atomic E-state index is 0.216. The Morgan fingerprint density at radius 3 is 2.26 bits per heavy atom. The summed E-state index contributed by atoms with van der Waals surface area (Å²) in [7, 11) is 0. The number of hydrogen-bond acceptors (Lipinski definition) is 2. The van der Waals surface area contributed by atoms with E-state index in [9.17, 15) is 22.4 Å². The molecule has 1 aliphatic rings. The first-order chi connectivity index (χ1) is 16.0. The molecule has 0 bridgehead atoms. The Balaban J connectivity index is 0.000000240. The number of carboxylic acids is 1. The standard InChI is InChI=1S/C14H17FO2.C13H18F3N/c15-13-6-4-11(5-7-13)12-3-1-2-10(8-12)9-14(16)17;1-10(2)7-8-17-9-11-3-5-12(6-4-11)13(14,15)16/h4-7,10,12H,1-3,8-9H2,(H,16,17);3-6,10,17H,7-9H2,1-2H3. The van der Waals surface area contributed by atoms with Crippen molar-refractivity contribution in [2.45, 2.75) is 71.0 Å². The summed E-state index contributed by atoms with van der Waals surface area (Å²) in [4.78, 5) is 10.7. The van der Waals surface area contributed by atoms with Crippen LogP contribution in [0, 0.1) is 17.7 Å². The molecule has 0 aliphatic heterocycles. The molecule has 0 amide bonds. The van der Waals surface area contributed by atoms with E-state index < -0.39 is 17.7 Å². The number of carboxylic acid groups (broad SMARTS) is 1. The van der Waals surface area contributed by atoms with Crippen molar-refractivity contribution in [1.29, 1.82) is 0 Å². The van der Waals surface area contributed by atoms with Crippen LogP contribution in [0.15, 0.2) is 48.5 Å². The molecular weight excluding hydrogens is 446 g/mol. The lowest BCUT2D eigenvalue weighted by atomic mass is 9.77. The van der Waals surface area contributed by atoms with Gasteiger partial charge in [-0.05, 0) is 85.4 Å².